The predicted octanol–water partition coefficient (Wildman–Crippen LogP) is 17.7. The molecule has 19 rings (SSSR count). The Morgan fingerprint density at radius 1 is 0.286 bits per heavy atom. The second-order valence-corrected chi connectivity index (χ2v) is 25.1. The van der Waals surface area contributed by atoms with Crippen LogP contribution in [-0.2, 0) is 6.42 Å². The van der Waals surface area contributed by atoms with E-state index in [1.807, 2.05) is 175 Å². The largest absolute Gasteiger partial charge is 0.507 e. The number of benzene rings is 11. The molecular formula is C87H84N18O7. The second kappa shape index (κ2) is 34.0. The average Bonchev–Trinajstić information content (AvgIpc) is 1.58. The van der Waals surface area contributed by atoms with Crippen LogP contribution in [0.3, 0.4) is 0 Å². The fourth-order valence-corrected chi connectivity index (χ4v) is 12.6. The quantitative estimate of drug-likeness (QED) is 0.0496. The van der Waals surface area contributed by atoms with E-state index in [0.717, 1.165) is 94.4 Å². The number of nitrogen functional groups attached to an aromatic ring is 2. The molecule has 0 aliphatic carbocycles. The summed E-state index contributed by atoms with van der Waals surface area (Å²) in [6, 6.07) is 67.7. The number of H-pyrrole nitrogens is 6. The van der Waals surface area contributed by atoms with Gasteiger partial charge in [0, 0.05) is 23.4 Å². The summed E-state index contributed by atoms with van der Waals surface area (Å²) in [5, 5.41) is 71.4. The van der Waals surface area contributed by atoms with Gasteiger partial charge >= 0.3 is 0 Å². The molecule has 21 N–H and O–H groups in total. The Bertz CT molecular complexity index is 6160. The number of aliphatic imine (C=N–C) groups is 1. The highest BCUT2D eigenvalue weighted by Gasteiger charge is 2.23. The maximum absolute atomic E-state index is 10.6. The van der Waals surface area contributed by atoms with E-state index in [4.69, 9.17) is 11.5 Å². The van der Waals surface area contributed by atoms with Crippen molar-refractivity contribution in [3.63, 3.8) is 0 Å². The third-order valence-electron chi connectivity index (χ3n) is 17.8. The van der Waals surface area contributed by atoms with Crippen LogP contribution in [-0.4, -0.2) is 120 Å². The van der Waals surface area contributed by atoms with Crippen LogP contribution in [0.15, 0.2) is 229 Å². The summed E-state index contributed by atoms with van der Waals surface area (Å²) < 4.78 is 0. The van der Waals surface area contributed by atoms with E-state index in [2.05, 4.69) is 81.3 Å². The summed E-state index contributed by atoms with van der Waals surface area (Å²) in [5.41, 5.74) is 42.2. The second-order valence-electron chi connectivity index (χ2n) is 25.1. The van der Waals surface area contributed by atoms with Crippen LogP contribution in [0.4, 0.5) is 17.1 Å². The lowest BCUT2D eigenvalue weighted by Gasteiger charge is -2.08. The molecule has 0 radical (unpaired) electrons. The van der Waals surface area contributed by atoms with Gasteiger partial charge in [-0.15, -0.1) is 0 Å². The molecule has 1 aliphatic heterocycles. The zero-order valence-corrected chi connectivity index (χ0v) is 62.6. The minimum absolute atomic E-state index is 0.0228. The van der Waals surface area contributed by atoms with Gasteiger partial charge in [-0.25, -0.2) is 34.9 Å². The number of nitrogens with zero attached hydrogens (tertiary/aromatic N) is 8. The zero-order chi connectivity index (χ0) is 79.4. The van der Waals surface area contributed by atoms with Crippen molar-refractivity contribution in [1.82, 2.24) is 64.8 Å². The topological polar surface area (TPSA) is 443 Å². The number of imidazole rings is 6. The van der Waals surface area contributed by atoms with Crippen LogP contribution in [0.1, 0.15) is 49.9 Å². The normalized spacial score (nSPS) is 11.1. The molecule has 0 spiro atoms. The van der Waals surface area contributed by atoms with Crippen molar-refractivity contribution in [2.75, 3.05) is 25.6 Å². The number of aromatic amines is 6. The minimum Gasteiger partial charge on any atom is -0.507 e. The van der Waals surface area contributed by atoms with Crippen LogP contribution in [0.25, 0.3) is 146 Å². The summed E-state index contributed by atoms with van der Waals surface area (Å²) in [5.74, 6) is 4.43. The van der Waals surface area contributed by atoms with Gasteiger partial charge in [-0.3, -0.25) is 4.99 Å². The molecule has 8 heterocycles. The molecule has 0 amide bonds. The van der Waals surface area contributed by atoms with Gasteiger partial charge in [0.05, 0.1) is 99.9 Å². The van der Waals surface area contributed by atoms with E-state index in [9.17, 15) is 35.7 Å². The van der Waals surface area contributed by atoms with Crippen molar-refractivity contribution in [1.29, 1.82) is 0 Å². The fraction of sp³-hybridized carbons (Fsp3) is 0.103. The molecule has 7 aromatic heterocycles. The number of hydrogen-bond donors (Lipinski definition) is 17. The van der Waals surface area contributed by atoms with E-state index in [0.29, 0.717) is 103 Å². The summed E-state index contributed by atoms with van der Waals surface area (Å²) in [7, 11) is 3.00. The first-order valence-electron chi connectivity index (χ1n) is 36.1. The van der Waals surface area contributed by atoms with Crippen molar-refractivity contribution in [3.05, 3.63) is 247 Å². The average molecular weight is 1490 g/mol. The lowest BCUT2D eigenvalue weighted by atomic mass is 10.0. The number of aromatic hydroxyl groups is 7. The SMILES string of the molecule is CC.CC.CN.CN.Cc1ccc(O)c(-c2nc3ccc(N)cc3[nH]2)c1.Cc1ccc2c(c1)N=C(c1cc(O)c(-c3nc4ccc(N)cc4[nH]3)cc1O)C2.Oc1ccccc1-c1nc2ccc(-c3ccc4nc(-c5ccccc5O)[nH]c4c3)cc2[nH]1.Oc1ccccc1-c1nc2nc3nc(-c4ccccc4O)[nH]c3cc2[nH]1. The van der Waals surface area contributed by atoms with Crippen LogP contribution in [0.2, 0.25) is 0 Å². The number of phenols is 7. The summed E-state index contributed by atoms with van der Waals surface area (Å²) >= 11 is 0. The van der Waals surface area contributed by atoms with Crippen LogP contribution < -0.4 is 22.9 Å². The number of fused-ring (bicyclic) bond motifs is 7. The van der Waals surface area contributed by atoms with E-state index >= 15 is 0 Å². The first kappa shape index (κ1) is 76.8. The first-order valence-corrected chi connectivity index (χ1v) is 36.1. The van der Waals surface area contributed by atoms with Gasteiger partial charge in [-0.05, 0) is 196 Å². The molecule has 25 heteroatoms. The molecule has 18 aromatic rings. The summed E-state index contributed by atoms with van der Waals surface area (Å²) in [6.07, 6.45) is 0.617. The standard InChI is InChI=1S/C26H18N4O2.C22H18N4O2.C19H13N5O2.C14H13N3O.2C2H6.2CH5N/c31-23-7-3-1-5-17(23)25-27-19-11-9-15(13-21(19)29-25)16-10-12-20-22(14-16)30-26(28-20)18-6-2-4-8-24(18)32;1-11-2-3-12-7-18(24-17(12)6-11)14-9-21(28)15(10-20(14)27)22-25-16-5-4-13(23)8-19(16)26-22;25-14-7-3-1-5-10(14)16-20-12-9-13-19(24-18(12)22-16)23-17(21-13)11-6-2-4-8-15(11)26;1-8-2-5-13(18)10(6-8)14-16-11-4-3-9(15)7-12(11)17-14;4*1-2/h1-14,31-32H,(H,27,29)(H,28,30);2-6,8-10,27-28H,7,23H2,1H3,(H,25,26);1-9,25-26H,(H2,20,21,22,23,24);2-7,18H,15H2,1H3,(H,16,17);2*1-2H3;2*2H2,1H3. The van der Waals surface area contributed by atoms with E-state index < -0.39 is 0 Å². The van der Waals surface area contributed by atoms with Crippen molar-refractivity contribution in [2.45, 2.75) is 48.0 Å². The summed E-state index contributed by atoms with van der Waals surface area (Å²) in [4.78, 5) is 55.5. The minimum atomic E-state index is 0.0228. The molecule has 564 valence electrons. The van der Waals surface area contributed by atoms with Crippen LogP contribution >= 0.6 is 0 Å². The Hall–Kier alpha value is -14.8. The van der Waals surface area contributed by atoms with Crippen molar-refractivity contribution in [3.8, 4) is 120 Å². The van der Waals surface area contributed by atoms with Gasteiger partial charge < -0.3 is 88.6 Å². The Labute approximate surface area is 642 Å². The Morgan fingerprint density at radius 3 is 1.04 bits per heavy atom. The molecule has 1 aliphatic rings. The van der Waals surface area contributed by atoms with Crippen molar-refractivity contribution < 1.29 is 35.7 Å². The molecule has 0 unspecified atom stereocenters. The number of rotatable bonds is 8. The van der Waals surface area contributed by atoms with Gasteiger partial charge in [0.15, 0.2) is 11.3 Å². The smallest absolute Gasteiger partial charge is 0.180 e. The van der Waals surface area contributed by atoms with Gasteiger partial charge in [0.1, 0.15) is 75.2 Å². The fourth-order valence-electron chi connectivity index (χ4n) is 12.6. The number of anilines is 2. The Kier molecular flexibility index (Phi) is 23.3. The van der Waals surface area contributed by atoms with E-state index in [-0.39, 0.29) is 40.2 Å². The monoisotopic (exact) mass is 1490 g/mol. The molecule has 0 saturated carbocycles. The van der Waals surface area contributed by atoms with Gasteiger partial charge in [-0.2, -0.15) is 0 Å². The highest BCUT2D eigenvalue weighted by molar-refractivity contribution is 6.09. The zero-order valence-electron chi connectivity index (χ0n) is 62.6. The Balaban J connectivity index is 0.000000136. The number of nitrogens with two attached hydrogens (primary N) is 4. The van der Waals surface area contributed by atoms with E-state index in [1.165, 1.54) is 20.2 Å². The number of hydrogen-bond acceptors (Lipinski definition) is 19. The van der Waals surface area contributed by atoms with Crippen molar-refractivity contribution >= 4 is 89.2 Å². The lowest BCUT2D eigenvalue weighted by molar-refractivity contribution is 0.460. The number of phenolic OH excluding ortho intramolecular Hbond substituents is 7. The third kappa shape index (κ3) is 16.4. The van der Waals surface area contributed by atoms with Crippen LogP contribution in [0.5, 0.6) is 40.2 Å². The number of aromatic nitrogens is 13. The highest BCUT2D eigenvalue weighted by atomic mass is 16.3. The molecule has 0 atom stereocenters. The molecule has 25 nitrogen and oxygen atoms in total. The van der Waals surface area contributed by atoms with Crippen molar-refractivity contribution in [2.24, 2.45) is 16.5 Å². The highest BCUT2D eigenvalue weighted by Crippen LogP contribution is 2.41. The van der Waals surface area contributed by atoms with Gasteiger partial charge in [-0.1, -0.05) is 112 Å². The first-order chi connectivity index (χ1) is 54.4. The molecule has 11 aromatic carbocycles. The summed E-state index contributed by atoms with van der Waals surface area (Å²) in [6.45, 7) is 12.0. The maximum atomic E-state index is 10.6. The number of para-hydroxylation sites is 4. The number of pyridine rings is 1. The molecule has 0 bridgehead atoms. The molecule has 112 heavy (non-hydrogen) atoms. The Morgan fingerprint density at radius 2 is 0.616 bits per heavy atom. The van der Waals surface area contributed by atoms with Gasteiger partial charge in [0.2, 0.25) is 0 Å². The molecule has 0 saturated heterocycles. The van der Waals surface area contributed by atoms with Gasteiger partial charge in [0.25, 0.3) is 0 Å². The molecular weight excluding hydrogens is 1410 g/mol. The lowest BCUT2D eigenvalue weighted by Crippen LogP contribution is -2.01. The number of nitrogens with one attached hydrogen (secondary N) is 6. The predicted molar refractivity (Wildman–Crippen MR) is 449 cm³/mol. The third-order valence-corrected chi connectivity index (χ3v) is 17.8. The van der Waals surface area contributed by atoms with E-state index in [1.54, 1.807) is 84.9 Å². The maximum Gasteiger partial charge on any atom is 0.180 e. The van der Waals surface area contributed by atoms with Crippen LogP contribution in [0, 0.1) is 13.8 Å². The molecule has 0 fully saturated rings. The number of aryl methyl sites for hydroxylation is 2.